The van der Waals surface area contributed by atoms with E-state index in [1.807, 2.05) is 19.1 Å². The zero-order chi connectivity index (χ0) is 20.9. The third-order valence-electron chi connectivity index (χ3n) is 6.07. The van der Waals surface area contributed by atoms with E-state index in [9.17, 15) is 19.2 Å². The van der Waals surface area contributed by atoms with Crippen molar-refractivity contribution >= 4 is 61.2 Å². The van der Waals surface area contributed by atoms with Crippen LogP contribution in [0.3, 0.4) is 0 Å². The minimum atomic E-state index is -0.774. The molecule has 0 aromatic heterocycles. The number of hydrogen-bond donors (Lipinski definition) is 1. The lowest BCUT2D eigenvalue weighted by Crippen LogP contribution is -2.38. The number of imide groups is 1. The molecule has 4 rings (SSSR count). The second-order valence-corrected chi connectivity index (χ2v) is 9.96. The van der Waals surface area contributed by atoms with Gasteiger partial charge in [-0.1, -0.05) is 49.6 Å². The largest absolute Gasteiger partial charge is 0.454 e. The van der Waals surface area contributed by atoms with Crippen LogP contribution in [0.1, 0.15) is 12.0 Å². The molecule has 3 amide bonds. The Morgan fingerprint density at radius 1 is 1.07 bits per heavy atom. The first-order valence-corrected chi connectivity index (χ1v) is 11.3. The fourth-order valence-corrected chi connectivity index (χ4v) is 6.59. The van der Waals surface area contributed by atoms with Gasteiger partial charge >= 0.3 is 5.97 Å². The minimum Gasteiger partial charge on any atom is -0.454 e. The number of nitrogens with one attached hydrogen (secondary N) is 1. The predicted octanol–water partition coefficient (Wildman–Crippen LogP) is 2.25. The maximum atomic E-state index is 12.8. The van der Waals surface area contributed by atoms with Crippen LogP contribution in [0.15, 0.2) is 24.3 Å². The van der Waals surface area contributed by atoms with Crippen LogP contribution in [0.5, 0.6) is 0 Å². The predicted molar refractivity (Wildman–Crippen MR) is 111 cm³/mol. The van der Waals surface area contributed by atoms with Crippen molar-refractivity contribution in [2.45, 2.75) is 23.0 Å². The van der Waals surface area contributed by atoms with Crippen LogP contribution in [-0.2, 0) is 23.9 Å². The van der Waals surface area contributed by atoms with Crippen LogP contribution in [0, 0.1) is 30.6 Å². The molecule has 1 N–H and O–H groups in total. The number of alkyl halides is 2. The summed E-state index contributed by atoms with van der Waals surface area (Å²) in [6.45, 7) is 1.000. The smallest absolute Gasteiger partial charge is 0.326 e. The Morgan fingerprint density at radius 3 is 2.17 bits per heavy atom. The van der Waals surface area contributed by atoms with Crippen molar-refractivity contribution in [2.24, 2.45) is 23.7 Å². The minimum absolute atomic E-state index is 0.0899. The molecule has 1 heterocycles. The summed E-state index contributed by atoms with van der Waals surface area (Å²) < 4.78 is 4.98. The molecule has 3 fully saturated rings. The number of hydrogen-bond acceptors (Lipinski definition) is 5. The Labute approximate surface area is 184 Å². The molecule has 1 aliphatic heterocycles. The molecule has 0 spiro atoms. The van der Waals surface area contributed by atoms with E-state index in [4.69, 9.17) is 4.74 Å². The third kappa shape index (κ3) is 3.63. The van der Waals surface area contributed by atoms with Gasteiger partial charge in [0.2, 0.25) is 11.8 Å². The number of benzene rings is 1. The van der Waals surface area contributed by atoms with Crippen molar-refractivity contribution in [3.05, 3.63) is 29.8 Å². The first kappa shape index (κ1) is 20.5. The molecule has 2 aliphatic carbocycles. The highest BCUT2D eigenvalue weighted by Gasteiger charge is 2.66. The van der Waals surface area contributed by atoms with E-state index in [0.29, 0.717) is 5.69 Å². The number of aryl methyl sites for hydroxylation is 1. The second kappa shape index (κ2) is 7.83. The fourth-order valence-electron chi connectivity index (χ4n) is 4.72. The van der Waals surface area contributed by atoms with E-state index < -0.39 is 25.0 Å². The van der Waals surface area contributed by atoms with Crippen molar-refractivity contribution in [1.29, 1.82) is 0 Å². The number of carbonyl (C=O) groups is 4. The van der Waals surface area contributed by atoms with Gasteiger partial charge in [-0.15, -0.1) is 0 Å². The highest BCUT2D eigenvalue weighted by Crippen LogP contribution is 2.60. The van der Waals surface area contributed by atoms with E-state index in [-0.39, 0.29) is 45.1 Å². The van der Waals surface area contributed by atoms with Gasteiger partial charge in [-0.2, -0.15) is 0 Å². The Hall–Kier alpha value is -1.74. The number of esters is 1. The topological polar surface area (TPSA) is 92.8 Å². The summed E-state index contributed by atoms with van der Waals surface area (Å²) in [5, 5.41) is 2.62. The van der Waals surface area contributed by atoms with Gasteiger partial charge in [-0.05, 0) is 37.3 Å². The lowest BCUT2D eigenvalue weighted by Gasteiger charge is -2.28. The SMILES string of the molecule is Cc1ccc(NC(=O)COC(=O)CN2C(=O)[C@@H]3[C@H]4C[C@@H]([C@H](Br)[C@@H]4Br)[C@@H]3C2=O)cc1. The van der Waals surface area contributed by atoms with Gasteiger partial charge in [0, 0.05) is 15.3 Å². The van der Waals surface area contributed by atoms with Gasteiger partial charge in [0.15, 0.2) is 6.61 Å². The summed E-state index contributed by atoms with van der Waals surface area (Å²) >= 11 is 7.24. The van der Waals surface area contributed by atoms with Crippen LogP contribution >= 0.6 is 31.9 Å². The number of fused-ring (bicyclic) bond motifs is 5. The van der Waals surface area contributed by atoms with Gasteiger partial charge < -0.3 is 10.1 Å². The zero-order valence-electron chi connectivity index (χ0n) is 15.6. The lowest BCUT2D eigenvalue weighted by molar-refractivity contribution is -0.154. The molecular weight excluding hydrogens is 508 g/mol. The number of rotatable bonds is 5. The fraction of sp³-hybridized carbons (Fsp3) is 0.500. The molecule has 2 saturated carbocycles. The van der Waals surface area contributed by atoms with Crippen LogP contribution in [0.25, 0.3) is 0 Å². The first-order valence-electron chi connectivity index (χ1n) is 9.43. The molecule has 7 nitrogen and oxygen atoms in total. The maximum Gasteiger partial charge on any atom is 0.326 e. The molecule has 154 valence electrons. The molecule has 1 aromatic carbocycles. The number of halogens is 2. The molecule has 9 heteroatoms. The summed E-state index contributed by atoms with van der Waals surface area (Å²) in [6.07, 6.45) is 0.829. The van der Waals surface area contributed by atoms with Crippen molar-refractivity contribution in [3.63, 3.8) is 0 Å². The van der Waals surface area contributed by atoms with Crippen LogP contribution in [-0.4, -0.2) is 51.4 Å². The van der Waals surface area contributed by atoms with E-state index in [1.165, 1.54) is 0 Å². The van der Waals surface area contributed by atoms with Crippen molar-refractivity contribution in [2.75, 3.05) is 18.5 Å². The molecule has 2 bridgehead atoms. The van der Waals surface area contributed by atoms with Crippen LogP contribution in [0.4, 0.5) is 5.69 Å². The monoisotopic (exact) mass is 526 g/mol. The van der Waals surface area contributed by atoms with Crippen molar-refractivity contribution in [3.8, 4) is 0 Å². The zero-order valence-corrected chi connectivity index (χ0v) is 18.8. The van der Waals surface area contributed by atoms with Crippen molar-refractivity contribution in [1.82, 2.24) is 4.90 Å². The van der Waals surface area contributed by atoms with E-state index >= 15 is 0 Å². The molecular formula is C20H20Br2N2O5. The Bertz CT molecular complexity index is 842. The highest BCUT2D eigenvalue weighted by atomic mass is 79.9. The van der Waals surface area contributed by atoms with Gasteiger partial charge in [0.1, 0.15) is 6.54 Å². The lowest BCUT2D eigenvalue weighted by atomic mass is 9.81. The van der Waals surface area contributed by atoms with Gasteiger partial charge in [0.25, 0.3) is 5.91 Å². The number of amides is 3. The quantitative estimate of drug-likeness (QED) is 0.360. The number of nitrogens with zero attached hydrogens (tertiary/aromatic N) is 1. The Balaban J connectivity index is 1.31. The number of carbonyl (C=O) groups excluding carboxylic acids is 4. The van der Waals surface area contributed by atoms with Gasteiger partial charge in [0.05, 0.1) is 11.8 Å². The van der Waals surface area contributed by atoms with E-state index in [0.717, 1.165) is 16.9 Å². The average molecular weight is 528 g/mol. The molecule has 0 unspecified atom stereocenters. The summed E-state index contributed by atoms with van der Waals surface area (Å²) in [6, 6.07) is 7.20. The Kier molecular flexibility index (Phi) is 5.54. The number of ether oxygens (including phenoxy) is 1. The van der Waals surface area contributed by atoms with Crippen molar-refractivity contribution < 1.29 is 23.9 Å². The normalized spacial score (nSPS) is 32.4. The molecule has 1 saturated heterocycles. The standard InChI is InChI=1S/C20H20Br2N2O5/c1-9-2-4-10(5-3-9)23-13(25)8-29-14(26)7-24-19(27)15-11-6-12(16(15)20(24)28)18(22)17(11)21/h2-5,11-12,15-18H,6-8H2,1H3,(H,23,25)/t11-,12-,15-,16+,17-,18+/m1/s1. The molecule has 6 atom stereocenters. The molecule has 29 heavy (non-hydrogen) atoms. The molecule has 1 aromatic rings. The molecule has 3 aliphatic rings. The van der Waals surface area contributed by atoms with Crippen LogP contribution in [0.2, 0.25) is 0 Å². The summed E-state index contributed by atoms with van der Waals surface area (Å²) in [4.78, 5) is 50.9. The highest BCUT2D eigenvalue weighted by molar-refractivity contribution is 9.12. The van der Waals surface area contributed by atoms with Crippen LogP contribution < -0.4 is 5.32 Å². The molecule has 0 radical (unpaired) electrons. The Morgan fingerprint density at radius 2 is 1.62 bits per heavy atom. The first-order chi connectivity index (χ1) is 13.8. The summed E-state index contributed by atoms with van der Waals surface area (Å²) in [7, 11) is 0. The average Bonchev–Trinajstić information content (AvgIpc) is 3.29. The summed E-state index contributed by atoms with van der Waals surface area (Å²) in [5.41, 5.74) is 1.66. The third-order valence-corrected chi connectivity index (χ3v) is 9.27. The maximum absolute atomic E-state index is 12.8. The summed E-state index contributed by atoms with van der Waals surface area (Å²) in [5.74, 6) is -2.44. The van der Waals surface area contributed by atoms with Gasteiger partial charge in [-0.25, -0.2) is 0 Å². The number of anilines is 1. The van der Waals surface area contributed by atoms with E-state index in [1.54, 1.807) is 12.1 Å². The van der Waals surface area contributed by atoms with E-state index in [2.05, 4.69) is 37.2 Å². The number of likely N-dealkylation sites (tertiary alicyclic amines) is 1. The van der Waals surface area contributed by atoms with Gasteiger partial charge in [-0.3, -0.25) is 24.1 Å². The second-order valence-electron chi connectivity index (χ2n) is 7.84.